The maximum Gasteiger partial charge on any atom is 0.414 e. The van der Waals surface area contributed by atoms with Gasteiger partial charge in [0, 0.05) is 31.8 Å². The highest BCUT2D eigenvalue weighted by molar-refractivity contribution is 7.10. The van der Waals surface area contributed by atoms with Crippen molar-refractivity contribution < 1.29 is 19.1 Å². The van der Waals surface area contributed by atoms with Crippen LogP contribution in [0.1, 0.15) is 24.3 Å². The molecule has 1 unspecified atom stereocenters. The van der Waals surface area contributed by atoms with Crippen molar-refractivity contribution >= 4 is 23.4 Å². The zero-order chi connectivity index (χ0) is 16.7. The van der Waals surface area contributed by atoms with Gasteiger partial charge in [-0.1, -0.05) is 24.3 Å². The molecule has 0 fully saturated rings. The molecule has 6 heteroatoms. The lowest BCUT2D eigenvalue weighted by Gasteiger charge is -2.20. The highest BCUT2D eigenvalue weighted by Crippen LogP contribution is 2.26. The van der Waals surface area contributed by atoms with Crippen LogP contribution in [0, 0.1) is 0 Å². The quantitative estimate of drug-likeness (QED) is 0.753. The summed E-state index contributed by atoms with van der Waals surface area (Å²) in [5, 5.41) is 1.93. The zero-order valence-electron chi connectivity index (χ0n) is 13.1. The predicted octanol–water partition coefficient (Wildman–Crippen LogP) is 3.87. The second-order valence-electron chi connectivity index (χ2n) is 5.00. The van der Waals surface area contributed by atoms with Crippen LogP contribution < -0.4 is 4.74 Å². The van der Waals surface area contributed by atoms with Crippen molar-refractivity contribution in [1.82, 2.24) is 4.90 Å². The lowest BCUT2D eigenvalue weighted by Crippen LogP contribution is -2.31. The van der Waals surface area contributed by atoms with Gasteiger partial charge in [0.05, 0.1) is 0 Å². The van der Waals surface area contributed by atoms with Gasteiger partial charge in [0.1, 0.15) is 11.9 Å². The van der Waals surface area contributed by atoms with Crippen LogP contribution in [0.4, 0.5) is 4.79 Å². The van der Waals surface area contributed by atoms with E-state index in [1.165, 1.54) is 23.2 Å². The van der Waals surface area contributed by atoms with Crippen LogP contribution in [0.15, 0.2) is 47.8 Å². The Labute approximate surface area is 139 Å². The molecule has 1 atom stereocenters. The number of hydrogen-bond donors (Lipinski definition) is 0. The number of ether oxygens (including phenoxy) is 2. The molecule has 1 aromatic carbocycles. The van der Waals surface area contributed by atoms with E-state index in [9.17, 15) is 9.59 Å². The third-order valence-corrected chi connectivity index (χ3v) is 4.12. The molecule has 2 rings (SSSR count). The van der Waals surface area contributed by atoms with E-state index in [1.807, 2.05) is 23.6 Å². The van der Waals surface area contributed by atoms with Gasteiger partial charge in [0.25, 0.3) is 0 Å². The monoisotopic (exact) mass is 333 g/mol. The molecule has 0 saturated carbocycles. The van der Waals surface area contributed by atoms with Crippen LogP contribution in [0.25, 0.3) is 0 Å². The Kier molecular flexibility index (Phi) is 6.17. The second kappa shape index (κ2) is 8.33. The van der Waals surface area contributed by atoms with E-state index in [0.29, 0.717) is 18.7 Å². The lowest BCUT2D eigenvalue weighted by atomic mass is 10.2. The van der Waals surface area contributed by atoms with Gasteiger partial charge in [-0.25, -0.2) is 4.79 Å². The van der Waals surface area contributed by atoms with E-state index in [1.54, 1.807) is 31.3 Å². The highest BCUT2D eigenvalue weighted by Gasteiger charge is 2.19. The first-order valence-corrected chi connectivity index (χ1v) is 8.13. The maximum absolute atomic E-state index is 12.0. The van der Waals surface area contributed by atoms with E-state index in [-0.39, 0.29) is 12.1 Å². The van der Waals surface area contributed by atoms with E-state index >= 15 is 0 Å². The SMILES string of the molecule is CC(=O)OC(CCN(C)C(=O)Oc1ccccc1)c1cccs1. The topological polar surface area (TPSA) is 55.8 Å². The van der Waals surface area contributed by atoms with Crippen molar-refractivity contribution in [3.05, 3.63) is 52.7 Å². The molecule has 1 heterocycles. The standard InChI is InChI=1S/C17H19NO4S/c1-13(19)21-15(16-9-6-12-23-16)10-11-18(2)17(20)22-14-7-4-3-5-8-14/h3-9,12,15H,10-11H2,1-2H3. The van der Waals surface area contributed by atoms with Crippen LogP contribution in [0.2, 0.25) is 0 Å². The lowest BCUT2D eigenvalue weighted by molar-refractivity contribution is -0.147. The molecule has 0 aliphatic heterocycles. The Morgan fingerprint density at radius 2 is 1.91 bits per heavy atom. The van der Waals surface area contributed by atoms with Crippen molar-refractivity contribution in [2.45, 2.75) is 19.4 Å². The third kappa shape index (κ3) is 5.41. The predicted molar refractivity (Wildman–Crippen MR) is 88.5 cm³/mol. The van der Waals surface area contributed by atoms with Gasteiger partial charge in [-0.2, -0.15) is 0 Å². The van der Waals surface area contributed by atoms with Crippen LogP contribution in [0.5, 0.6) is 5.75 Å². The van der Waals surface area contributed by atoms with Gasteiger partial charge in [-0.15, -0.1) is 11.3 Å². The molecule has 0 bridgehead atoms. The smallest absolute Gasteiger partial charge is 0.414 e. The Morgan fingerprint density at radius 3 is 2.52 bits per heavy atom. The Hall–Kier alpha value is -2.34. The first-order chi connectivity index (χ1) is 11.1. The number of esters is 1. The molecular weight excluding hydrogens is 314 g/mol. The van der Waals surface area contributed by atoms with E-state index in [4.69, 9.17) is 9.47 Å². The molecule has 0 saturated heterocycles. The molecule has 1 amide bonds. The summed E-state index contributed by atoms with van der Waals surface area (Å²) in [5.74, 6) is 0.164. The summed E-state index contributed by atoms with van der Waals surface area (Å²) >= 11 is 1.52. The average molecular weight is 333 g/mol. The van der Waals surface area contributed by atoms with Gasteiger partial charge in [0.15, 0.2) is 0 Å². The molecule has 2 aromatic rings. The minimum Gasteiger partial charge on any atom is -0.457 e. The average Bonchev–Trinajstić information content (AvgIpc) is 3.06. The van der Waals surface area contributed by atoms with Crippen LogP contribution in [0.3, 0.4) is 0 Å². The normalized spacial score (nSPS) is 11.6. The molecule has 122 valence electrons. The molecule has 5 nitrogen and oxygen atoms in total. The number of carbonyl (C=O) groups is 2. The van der Waals surface area contributed by atoms with Crippen LogP contribution in [-0.4, -0.2) is 30.6 Å². The number of amides is 1. The van der Waals surface area contributed by atoms with E-state index < -0.39 is 6.09 Å². The van der Waals surface area contributed by atoms with Gasteiger partial charge in [0.2, 0.25) is 0 Å². The zero-order valence-corrected chi connectivity index (χ0v) is 13.9. The van der Waals surface area contributed by atoms with Crippen LogP contribution >= 0.6 is 11.3 Å². The Balaban J connectivity index is 1.89. The highest BCUT2D eigenvalue weighted by atomic mass is 32.1. The van der Waals surface area contributed by atoms with Gasteiger partial charge < -0.3 is 14.4 Å². The largest absolute Gasteiger partial charge is 0.457 e. The molecule has 1 aromatic heterocycles. The number of nitrogens with zero attached hydrogens (tertiary/aromatic N) is 1. The van der Waals surface area contributed by atoms with Crippen LogP contribution in [-0.2, 0) is 9.53 Å². The molecule has 0 N–H and O–H groups in total. The first kappa shape index (κ1) is 17.0. The fourth-order valence-electron chi connectivity index (χ4n) is 2.00. The Morgan fingerprint density at radius 1 is 1.17 bits per heavy atom. The van der Waals surface area contributed by atoms with Gasteiger partial charge >= 0.3 is 12.1 Å². The second-order valence-corrected chi connectivity index (χ2v) is 5.98. The number of thiophene rings is 1. The number of hydrogen-bond acceptors (Lipinski definition) is 5. The molecular formula is C17H19NO4S. The number of rotatable bonds is 6. The van der Waals surface area contributed by atoms with Crippen molar-refractivity contribution in [2.24, 2.45) is 0 Å². The minimum absolute atomic E-state index is 0.335. The molecule has 0 aliphatic rings. The summed E-state index contributed by atoms with van der Waals surface area (Å²) in [6.45, 7) is 1.80. The number of para-hydroxylation sites is 1. The summed E-state index contributed by atoms with van der Waals surface area (Å²) in [4.78, 5) is 25.7. The number of benzene rings is 1. The maximum atomic E-state index is 12.0. The Bertz CT molecular complexity index is 627. The summed E-state index contributed by atoms with van der Waals surface area (Å²) in [6, 6.07) is 12.7. The van der Waals surface area contributed by atoms with E-state index in [2.05, 4.69) is 0 Å². The molecule has 0 aliphatic carbocycles. The summed E-state index contributed by atoms with van der Waals surface area (Å²) < 4.78 is 10.6. The summed E-state index contributed by atoms with van der Waals surface area (Å²) in [7, 11) is 1.66. The van der Waals surface area contributed by atoms with Crippen molar-refractivity contribution in [2.75, 3.05) is 13.6 Å². The third-order valence-electron chi connectivity index (χ3n) is 3.16. The fraction of sp³-hybridized carbons (Fsp3) is 0.294. The summed E-state index contributed by atoms with van der Waals surface area (Å²) in [5.41, 5.74) is 0. The van der Waals surface area contributed by atoms with Gasteiger partial charge in [-0.3, -0.25) is 4.79 Å². The minimum atomic E-state index is -0.441. The van der Waals surface area contributed by atoms with E-state index in [0.717, 1.165) is 4.88 Å². The van der Waals surface area contributed by atoms with Crippen molar-refractivity contribution in [3.63, 3.8) is 0 Å². The molecule has 0 radical (unpaired) electrons. The van der Waals surface area contributed by atoms with Gasteiger partial charge in [-0.05, 0) is 23.6 Å². The first-order valence-electron chi connectivity index (χ1n) is 7.25. The number of carbonyl (C=O) groups excluding carboxylic acids is 2. The van der Waals surface area contributed by atoms with Crippen molar-refractivity contribution in [3.8, 4) is 5.75 Å². The molecule has 23 heavy (non-hydrogen) atoms. The fourth-order valence-corrected chi connectivity index (χ4v) is 2.79. The van der Waals surface area contributed by atoms with Crippen molar-refractivity contribution in [1.29, 1.82) is 0 Å². The molecule has 0 spiro atoms. The summed E-state index contributed by atoms with van der Waals surface area (Å²) in [6.07, 6.45) is -0.274.